The first-order chi connectivity index (χ1) is 35.3. The van der Waals surface area contributed by atoms with Gasteiger partial charge in [0.05, 0.1) is 17.1 Å². The molecule has 0 saturated heterocycles. The predicted octanol–water partition coefficient (Wildman–Crippen LogP) is 19.4. The third kappa shape index (κ3) is 11.1. The first-order valence-corrected chi connectivity index (χ1v) is 26.7. The molecule has 1 aliphatic rings. The van der Waals surface area contributed by atoms with Gasteiger partial charge in [-0.1, -0.05) is 208 Å². The van der Waals surface area contributed by atoms with Gasteiger partial charge in [-0.2, -0.15) is 5.26 Å². The van der Waals surface area contributed by atoms with Crippen molar-refractivity contribution in [3.8, 4) is 29.5 Å². The minimum Gasteiger partial charge on any atom is -0.335 e. The standard InChI is InChI=1S/C29H25N.C19H16N2.C14H22.C10H14/c1-29(2,3)30-26-18-9-8-13-21(26)24-16-10-17-25(28(24)30)27-22-14-6-4-11-19(22)20-12-5-7-15-23(20)27;1-5-13-6-8-17-15(10-13)16-11-14(12-20)7-9-18(16)21(17)19(2,3)4;1-13(2,3)11-7-9-12(10-8-11)14(4,5)6;1-10(2,3)9-7-5-4-6-8-9/h4-18,27H,1-3H3;1,6-11H,2-4H3;7-10H,1-6H3;4-8H,1-3H3. The summed E-state index contributed by atoms with van der Waals surface area (Å²) in [7, 11) is 0. The van der Waals surface area contributed by atoms with E-state index in [1.54, 1.807) is 0 Å². The van der Waals surface area contributed by atoms with Gasteiger partial charge in [0.2, 0.25) is 0 Å². The van der Waals surface area contributed by atoms with Crippen molar-refractivity contribution < 1.29 is 0 Å². The van der Waals surface area contributed by atoms with E-state index in [9.17, 15) is 0 Å². The molecule has 2 aromatic heterocycles. The fraction of sp³-hybridized carbons (Fsp3) is 0.292. The second-order valence-corrected chi connectivity index (χ2v) is 25.3. The maximum Gasteiger partial charge on any atom is 0.0991 e. The molecule has 10 aromatic rings. The maximum atomic E-state index is 9.15. The monoisotopic (exact) mass is 984 g/mol. The number of rotatable bonds is 1. The summed E-state index contributed by atoms with van der Waals surface area (Å²) >= 11 is 0. The van der Waals surface area contributed by atoms with Crippen LogP contribution in [-0.4, -0.2) is 9.13 Å². The Bertz CT molecular complexity index is 3580. The van der Waals surface area contributed by atoms with Crippen molar-refractivity contribution in [1.82, 2.24) is 9.13 Å². The van der Waals surface area contributed by atoms with E-state index in [0.717, 1.165) is 27.4 Å². The highest BCUT2D eigenvalue weighted by atomic mass is 15.1. The third-order valence-electron chi connectivity index (χ3n) is 14.5. The summed E-state index contributed by atoms with van der Waals surface area (Å²) in [5, 5.41) is 14.0. The average Bonchev–Trinajstić information content (AvgIpc) is 4.03. The van der Waals surface area contributed by atoms with Crippen LogP contribution in [0.5, 0.6) is 0 Å². The van der Waals surface area contributed by atoms with Crippen molar-refractivity contribution in [1.29, 1.82) is 5.26 Å². The van der Waals surface area contributed by atoms with Gasteiger partial charge in [-0.05, 0) is 145 Å². The summed E-state index contributed by atoms with van der Waals surface area (Å²) in [5.74, 6) is 2.94. The Hall–Kier alpha value is -7.59. The van der Waals surface area contributed by atoms with Crippen LogP contribution in [0.2, 0.25) is 0 Å². The van der Waals surface area contributed by atoms with E-state index in [0.29, 0.717) is 11.0 Å². The second-order valence-electron chi connectivity index (χ2n) is 25.3. The van der Waals surface area contributed by atoms with Crippen molar-refractivity contribution in [3.05, 3.63) is 226 Å². The second kappa shape index (κ2) is 20.6. The molecular weight excluding hydrogens is 907 g/mol. The molecule has 8 aromatic carbocycles. The predicted molar refractivity (Wildman–Crippen MR) is 323 cm³/mol. The lowest BCUT2D eigenvalue weighted by Gasteiger charge is -2.27. The van der Waals surface area contributed by atoms with E-state index in [4.69, 9.17) is 11.7 Å². The van der Waals surface area contributed by atoms with E-state index < -0.39 is 0 Å². The molecule has 2 heterocycles. The van der Waals surface area contributed by atoms with E-state index in [-0.39, 0.29) is 27.8 Å². The fourth-order valence-electron chi connectivity index (χ4n) is 10.8. The molecule has 1 aliphatic carbocycles. The summed E-state index contributed by atoms with van der Waals surface area (Å²) in [6.45, 7) is 33.6. The molecule has 0 atom stereocenters. The van der Waals surface area contributed by atoms with Gasteiger partial charge in [-0.15, -0.1) is 6.42 Å². The highest BCUT2D eigenvalue weighted by Crippen LogP contribution is 2.50. The lowest BCUT2D eigenvalue weighted by molar-refractivity contribution is 0.422. The molecule has 11 rings (SSSR count). The van der Waals surface area contributed by atoms with Crippen molar-refractivity contribution in [3.63, 3.8) is 0 Å². The average molecular weight is 984 g/mol. The van der Waals surface area contributed by atoms with Gasteiger partial charge >= 0.3 is 0 Å². The number of benzene rings is 8. The molecule has 0 saturated carbocycles. The molecule has 3 heteroatoms. The van der Waals surface area contributed by atoms with Gasteiger partial charge in [0.25, 0.3) is 0 Å². The van der Waals surface area contributed by atoms with E-state index in [1.807, 2.05) is 30.3 Å². The molecule has 0 unspecified atom stereocenters. The molecule has 0 amide bonds. The quantitative estimate of drug-likeness (QED) is 0.151. The van der Waals surface area contributed by atoms with Crippen LogP contribution in [0.1, 0.15) is 154 Å². The summed E-state index contributed by atoms with van der Waals surface area (Å²) in [4.78, 5) is 0. The van der Waals surface area contributed by atoms with Crippen molar-refractivity contribution in [2.45, 2.75) is 137 Å². The number of nitrogens with zero attached hydrogens (tertiary/aromatic N) is 3. The summed E-state index contributed by atoms with van der Waals surface area (Å²) in [6, 6.07) is 67.2. The van der Waals surface area contributed by atoms with Crippen LogP contribution in [0, 0.1) is 23.7 Å². The lowest BCUT2D eigenvalue weighted by atomic mass is 9.82. The molecule has 380 valence electrons. The van der Waals surface area contributed by atoms with Gasteiger partial charge in [0, 0.05) is 60.7 Å². The van der Waals surface area contributed by atoms with Gasteiger partial charge < -0.3 is 9.13 Å². The van der Waals surface area contributed by atoms with Crippen LogP contribution in [0.15, 0.2) is 182 Å². The Kier molecular flexibility index (Phi) is 14.8. The minimum atomic E-state index is -0.0498. The van der Waals surface area contributed by atoms with E-state index >= 15 is 0 Å². The van der Waals surface area contributed by atoms with E-state index in [1.165, 1.54) is 66.3 Å². The Labute approximate surface area is 448 Å². The molecule has 0 fully saturated rings. The Morgan fingerprint density at radius 2 is 0.773 bits per heavy atom. The van der Waals surface area contributed by atoms with Crippen molar-refractivity contribution >= 4 is 43.6 Å². The van der Waals surface area contributed by atoms with Crippen LogP contribution in [0.4, 0.5) is 0 Å². The van der Waals surface area contributed by atoms with Gasteiger partial charge in [-0.3, -0.25) is 0 Å². The lowest BCUT2D eigenvalue weighted by Crippen LogP contribution is -2.22. The van der Waals surface area contributed by atoms with Crippen molar-refractivity contribution in [2.75, 3.05) is 0 Å². The zero-order chi connectivity index (χ0) is 54.3. The first-order valence-electron chi connectivity index (χ1n) is 26.7. The number of terminal acetylenes is 1. The van der Waals surface area contributed by atoms with Crippen LogP contribution >= 0.6 is 0 Å². The van der Waals surface area contributed by atoms with Crippen LogP contribution in [0.25, 0.3) is 54.7 Å². The number of nitriles is 1. The Balaban J connectivity index is 0.000000145. The number of fused-ring (bicyclic) bond motifs is 9. The summed E-state index contributed by atoms with van der Waals surface area (Å²) < 4.78 is 4.86. The fourth-order valence-corrected chi connectivity index (χ4v) is 10.8. The maximum absolute atomic E-state index is 9.15. The normalized spacial score (nSPS) is 12.7. The van der Waals surface area contributed by atoms with E-state index in [2.05, 4.69) is 277 Å². The van der Waals surface area contributed by atoms with Gasteiger partial charge in [0.15, 0.2) is 0 Å². The largest absolute Gasteiger partial charge is 0.335 e. The first kappa shape index (κ1) is 53.7. The minimum absolute atomic E-state index is 0.0188. The molecule has 0 N–H and O–H groups in total. The van der Waals surface area contributed by atoms with Gasteiger partial charge in [0.1, 0.15) is 0 Å². The number of aromatic nitrogens is 2. The molecule has 3 nitrogen and oxygen atoms in total. The zero-order valence-electron chi connectivity index (χ0n) is 47.3. The highest BCUT2D eigenvalue weighted by Gasteiger charge is 2.33. The van der Waals surface area contributed by atoms with Crippen molar-refractivity contribution in [2.24, 2.45) is 0 Å². The number of para-hydroxylation sites is 2. The Morgan fingerprint density at radius 1 is 0.373 bits per heavy atom. The summed E-state index contributed by atoms with van der Waals surface area (Å²) in [6.07, 6.45) is 5.52. The molecule has 0 spiro atoms. The van der Waals surface area contributed by atoms with Gasteiger partial charge in [-0.25, -0.2) is 0 Å². The zero-order valence-corrected chi connectivity index (χ0v) is 47.3. The Morgan fingerprint density at radius 3 is 1.24 bits per heavy atom. The summed E-state index contributed by atoms with van der Waals surface area (Å²) in [5.41, 5.74) is 18.4. The molecule has 0 bridgehead atoms. The molecule has 0 radical (unpaired) electrons. The molecule has 0 aliphatic heterocycles. The van der Waals surface area contributed by atoms with Crippen LogP contribution in [0.3, 0.4) is 0 Å². The van der Waals surface area contributed by atoms with Crippen LogP contribution in [-0.2, 0) is 27.3 Å². The third-order valence-corrected chi connectivity index (χ3v) is 14.5. The smallest absolute Gasteiger partial charge is 0.0991 e. The number of hydrogen-bond acceptors (Lipinski definition) is 1. The molecular formula is C72H77N3. The topological polar surface area (TPSA) is 33.6 Å². The van der Waals surface area contributed by atoms with Crippen LogP contribution < -0.4 is 0 Å². The highest BCUT2D eigenvalue weighted by molar-refractivity contribution is 6.10. The molecule has 75 heavy (non-hydrogen) atoms. The number of hydrogen-bond donors (Lipinski definition) is 0. The SMILES string of the molecule is C#Cc1ccc2c(c1)c1cc(C#N)ccc1n2C(C)(C)C.CC(C)(C)c1ccc(C(C)(C)C)cc1.CC(C)(C)c1ccccc1.CC(C)(C)n1c2ccccc2c2cccc(C3c4ccccc4-c4ccccc43)c21.